The Labute approximate surface area is 118 Å². The first-order valence-corrected chi connectivity index (χ1v) is 6.55. The summed E-state index contributed by atoms with van der Waals surface area (Å²) < 4.78 is 0. The molecule has 1 aromatic carbocycles. The van der Waals surface area contributed by atoms with Gasteiger partial charge in [0.15, 0.2) is 0 Å². The van der Waals surface area contributed by atoms with Crippen LogP contribution in [-0.2, 0) is 9.63 Å². The van der Waals surface area contributed by atoms with Crippen molar-refractivity contribution in [2.75, 3.05) is 6.61 Å². The summed E-state index contributed by atoms with van der Waals surface area (Å²) in [7, 11) is 0. The zero-order chi connectivity index (χ0) is 14.8. The summed E-state index contributed by atoms with van der Waals surface area (Å²) >= 11 is 0. The summed E-state index contributed by atoms with van der Waals surface area (Å²) in [5.74, 6) is -0.664. The highest BCUT2D eigenvalue weighted by molar-refractivity contribution is 5.93. The number of hydrogen-bond donors (Lipinski definition) is 3. The fourth-order valence-electron chi connectivity index (χ4n) is 1.57. The molecule has 0 aromatic heterocycles. The molecule has 0 atom stereocenters. The number of rotatable bonds is 8. The van der Waals surface area contributed by atoms with Crippen LogP contribution in [0.15, 0.2) is 24.3 Å². The van der Waals surface area contributed by atoms with Gasteiger partial charge in [-0.15, -0.1) is 0 Å². The van der Waals surface area contributed by atoms with Crippen LogP contribution >= 0.6 is 0 Å². The molecular formula is C14H20N2O4. The van der Waals surface area contributed by atoms with Gasteiger partial charge in [-0.1, -0.05) is 24.1 Å². The molecule has 6 nitrogen and oxygen atoms in total. The van der Waals surface area contributed by atoms with Crippen molar-refractivity contribution in [2.24, 2.45) is 0 Å². The summed E-state index contributed by atoms with van der Waals surface area (Å²) in [4.78, 5) is 27.4. The first-order chi connectivity index (χ1) is 9.63. The third-order valence-electron chi connectivity index (χ3n) is 2.75. The normalized spacial score (nSPS) is 10.1. The van der Waals surface area contributed by atoms with Crippen LogP contribution in [0, 0.1) is 6.92 Å². The zero-order valence-electron chi connectivity index (χ0n) is 11.5. The Morgan fingerprint density at radius 3 is 2.50 bits per heavy atom. The maximum Gasteiger partial charge on any atom is 0.274 e. The SMILES string of the molecule is Cc1ccc(C(=O)NOCCCCCC(=O)NO)cc1. The highest BCUT2D eigenvalue weighted by Gasteiger charge is 2.04. The molecule has 1 rings (SSSR count). The molecule has 1 aromatic rings. The van der Waals surface area contributed by atoms with Gasteiger partial charge in [0.2, 0.25) is 5.91 Å². The molecule has 0 bridgehead atoms. The third-order valence-corrected chi connectivity index (χ3v) is 2.75. The lowest BCUT2D eigenvalue weighted by atomic mass is 10.1. The van der Waals surface area contributed by atoms with Crippen LogP contribution in [0.5, 0.6) is 0 Å². The van der Waals surface area contributed by atoms with Gasteiger partial charge in [-0.3, -0.25) is 19.6 Å². The molecule has 0 unspecified atom stereocenters. The Bertz CT molecular complexity index is 431. The highest BCUT2D eigenvalue weighted by atomic mass is 16.6. The van der Waals surface area contributed by atoms with Crippen LogP contribution in [0.25, 0.3) is 0 Å². The molecule has 0 saturated heterocycles. The van der Waals surface area contributed by atoms with Crippen molar-refractivity contribution in [1.82, 2.24) is 11.0 Å². The van der Waals surface area contributed by atoms with Gasteiger partial charge in [-0.05, 0) is 31.9 Å². The number of hydrogen-bond acceptors (Lipinski definition) is 4. The number of nitrogens with one attached hydrogen (secondary N) is 2. The van der Waals surface area contributed by atoms with E-state index in [2.05, 4.69) is 5.48 Å². The first kappa shape index (κ1) is 16.1. The van der Waals surface area contributed by atoms with Crippen molar-refractivity contribution in [1.29, 1.82) is 0 Å². The van der Waals surface area contributed by atoms with Gasteiger partial charge in [0, 0.05) is 12.0 Å². The van der Waals surface area contributed by atoms with Gasteiger partial charge >= 0.3 is 0 Å². The van der Waals surface area contributed by atoms with E-state index in [1.54, 1.807) is 17.6 Å². The summed E-state index contributed by atoms with van der Waals surface area (Å²) in [6.45, 7) is 2.34. The molecule has 0 aliphatic heterocycles. The number of aryl methyl sites for hydroxylation is 1. The Morgan fingerprint density at radius 1 is 1.15 bits per heavy atom. The Morgan fingerprint density at radius 2 is 1.85 bits per heavy atom. The van der Waals surface area contributed by atoms with Gasteiger partial charge in [0.25, 0.3) is 5.91 Å². The molecule has 0 spiro atoms. The average molecular weight is 280 g/mol. The average Bonchev–Trinajstić information content (AvgIpc) is 2.46. The van der Waals surface area contributed by atoms with Crippen LogP contribution in [0.2, 0.25) is 0 Å². The van der Waals surface area contributed by atoms with E-state index in [0.29, 0.717) is 18.6 Å². The van der Waals surface area contributed by atoms with Crippen molar-refractivity contribution in [3.05, 3.63) is 35.4 Å². The van der Waals surface area contributed by atoms with E-state index in [4.69, 9.17) is 10.0 Å². The predicted octanol–water partition coefficient (Wildman–Crippen LogP) is 1.72. The number of hydroxylamine groups is 2. The second-order valence-electron chi connectivity index (χ2n) is 4.49. The number of amides is 2. The smallest absolute Gasteiger partial charge is 0.274 e. The molecule has 0 saturated carbocycles. The van der Waals surface area contributed by atoms with E-state index >= 15 is 0 Å². The minimum Gasteiger partial charge on any atom is -0.289 e. The molecule has 0 aliphatic carbocycles. The maximum atomic E-state index is 11.7. The molecular weight excluding hydrogens is 260 g/mol. The van der Waals surface area contributed by atoms with Crippen molar-refractivity contribution in [2.45, 2.75) is 32.6 Å². The molecule has 0 radical (unpaired) electrons. The fourth-order valence-corrected chi connectivity index (χ4v) is 1.57. The van der Waals surface area contributed by atoms with Crippen molar-refractivity contribution in [3.63, 3.8) is 0 Å². The Balaban J connectivity index is 2.08. The summed E-state index contributed by atoms with van der Waals surface area (Å²) in [5, 5.41) is 8.29. The van der Waals surface area contributed by atoms with Crippen molar-refractivity contribution in [3.8, 4) is 0 Å². The van der Waals surface area contributed by atoms with E-state index in [9.17, 15) is 9.59 Å². The lowest BCUT2D eigenvalue weighted by Gasteiger charge is -2.06. The van der Waals surface area contributed by atoms with Crippen LogP contribution in [0.4, 0.5) is 0 Å². The largest absolute Gasteiger partial charge is 0.289 e. The number of benzene rings is 1. The molecule has 3 N–H and O–H groups in total. The van der Waals surface area contributed by atoms with Gasteiger partial charge in [-0.2, -0.15) is 0 Å². The summed E-state index contributed by atoms with van der Waals surface area (Å²) in [6.07, 6.45) is 2.47. The second kappa shape index (κ2) is 9.06. The van der Waals surface area contributed by atoms with E-state index in [1.807, 2.05) is 19.1 Å². The third kappa shape index (κ3) is 6.31. The highest BCUT2D eigenvalue weighted by Crippen LogP contribution is 2.03. The number of carbonyl (C=O) groups is 2. The topological polar surface area (TPSA) is 87.7 Å². The van der Waals surface area contributed by atoms with Crippen LogP contribution in [0.3, 0.4) is 0 Å². The lowest BCUT2D eigenvalue weighted by molar-refractivity contribution is -0.129. The van der Waals surface area contributed by atoms with Crippen molar-refractivity contribution < 1.29 is 19.6 Å². The maximum absolute atomic E-state index is 11.7. The van der Waals surface area contributed by atoms with E-state index in [-0.39, 0.29) is 12.3 Å². The van der Waals surface area contributed by atoms with Crippen molar-refractivity contribution >= 4 is 11.8 Å². The van der Waals surface area contributed by atoms with Gasteiger partial charge in [-0.25, -0.2) is 11.0 Å². The monoisotopic (exact) mass is 280 g/mol. The van der Waals surface area contributed by atoms with Crippen LogP contribution in [-0.4, -0.2) is 23.6 Å². The predicted molar refractivity (Wildman–Crippen MR) is 73.0 cm³/mol. The summed E-state index contributed by atoms with van der Waals surface area (Å²) in [5.41, 5.74) is 5.59. The van der Waals surface area contributed by atoms with Gasteiger partial charge in [0.1, 0.15) is 0 Å². The first-order valence-electron chi connectivity index (χ1n) is 6.55. The van der Waals surface area contributed by atoms with Crippen LogP contribution < -0.4 is 11.0 Å². The molecule has 0 fully saturated rings. The second-order valence-corrected chi connectivity index (χ2v) is 4.49. The quantitative estimate of drug-likeness (QED) is 0.384. The molecule has 0 aliphatic rings. The molecule has 0 heterocycles. The fraction of sp³-hybridized carbons (Fsp3) is 0.429. The number of carbonyl (C=O) groups excluding carboxylic acids is 2. The van der Waals surface area contributed by atoms with Gasteiger partial charge in [0.05, 0.1) is 6.61 Å². The number of unbranched alkanes of at least 4 members (excludes halogenated alkanes) is 2. The van der Waals surface area contributed by atoms with Gasteiger partial charge < -0.3 is 0 Å². The summed E-state index contributed by atoms with van der Waals surface area (Å²) in [6, 6.07) is 7.20. The standard InChI is InChI=1S/C14H20N2O4/c1-11-6-8-12(9-7-11)14(18)16-20-10-4-2-3-5-13(17)15-19/h6-9,19H,2-5,10H2,1H3,(H,15,17)(H,16,18). The van der Waals surface area contributed by atoms with E-state index in [0.717, 1.165) is 18.4 Å². The molecule has 110 valence electrons. The lowest BCUT2D eigenvalue weighted by Crippen LogP contribution is -2.24. The zero-order valence-corrected chi connectivity index (χ0v) is 11.5. The minimum atomic E-state index is -0.390. The van der Waals surface area contributed by atoms with E-state index < -0.39 is 5.91 Å². The Kier molecular flexibility index (Phi) is 7.31. The van der Waals surface area contributed by atoms with Crippen LogP contribution in [0.1, 0.15) is 41.6 Å². The molecule has 20 heavy (non-hydrogen) atoms. The minimum absolute atomic E-state index is 0.273. The molecule has 6 heteroatoms. The Hall–Kier alpha value is -1.92. The molecule has 2 amide bonds. The van der Waals surface area contributed by atoms with E-state index in [1.165, 1.54) is 0 Å².